The van der Waals surface area contributed by atoms with Crippen LogP contribution in [0.25, 0.3) is 0 Å². The molecule has 0 spiro atoms. The Morgan fingerprint density at radius 2 is 1.83 bits per heavy atom. The quantitative estimate of drug-likeness (QED) is 0.534. The van der Waals surface area contributed by atoms with Crippen LogP contribution in [0.3, 0.4) is 0 Å². The van der Waals surface area contributed by atoms with E-state index >= 15 is 0 Å². The summed E-state index contributed by atoms with van der Waals surface area (Å²) in [7, 11) is 0. The number of rotatable bonds is 7. The van der Waals surface area contributed by atoms with Crippen molar-refractivity contribution in [1.82, 2.24) is 20.2 Å². The van der Waals surface area contributed by atoms with Crippen LogP contribution < -0.4 is 5.32 Å². The van der Waals surface area contributed by atoms with E-state index in [0.29, 0.717) is 12.1 Å². The zero-order chi connectivity index (χ0) is 20.8. The lowest BCUT2D eigenvalue weighted by molar-refractivity contribution is 0.0945. The fourth-order valence-corrected chi connectivity index (χ4v) is 4.37. The zero-order valence-corrected chi connectivity index (χ0v) is 18.8. The number of nitrogens with zero attached hydrogens (tertiary/aromatic N) is 3. The van der Waals surface area contributed by atoms with Gasteiger partial charge in [-0.1, -0.05) is 44.5 Å². The van der Waals surface area contributed by atoms with Gasteiger partial charge >= 0.3 is 0 Å². The second-order valence-electron chi connectivity index (χ2n) is 7.99. The summed E-state index contributed by atoms with van der Waals surface area (Å²) in [6, 6.07) is 8.41. The summed E-state index contributed by atoms with van der Waals surface area (Å²) in [5.74, 6) is 0.920. The van der Waals surface area contributed by atoms with Crippen molar-refractivity contribution >= 4 is 17.7 Å². The Bertz CT molecular complexity index is 847. The molecule has 0 atom stereocenters. The largest absolute Gasteiger partial charge is 0.348 e. The standard InChI is InChI=1S/C23H32N4OS/c1-16(2)21-25-17(3)20(23(26-21)29-4)22(28)24-14-18-10-6-7-11-19(18)15-27-12-8-5-9-13-27/h6-7,10-11,16H,5,8-9,12-15H2,1-4H3,(H,24,28). The lowest BCUT2D eigenvalue weighted by atomic mass is 10.0. The number of benzene rings is 1. The van der Waals surface area contributed by atoms with Crippen LogP contribution in [0.4, 0.5) is 0 Å². The molecule has 1 amide bonds. The Morgan fingerprint density at radius 1 is 1.14 bits per heavy atom. The summed E-state index contributed by atoms with van der Waals surface area (Å²) < 4.78 is 0. The third-order valence-electron chi connectivity index (χ3n) is 5.41. The topological polar surface area (TPSA) is 58.1 Å². The van der Waals surface area contributed by atoms with Crippen LogP contribution in [0.2, 0.25) is 0 Å². The van der Waals surface area contributed by atoms with E-state index in [0.717, 1.165) is 36.2 Å². The van der Waals surface area contributed by atoms with Gasteiger partial charge in [0.05, 0.1) is 11.3 Å². The van der Waals surface area contributed by atoms with Gasteiger partial charge in [-0.3, -0.25) is 9.69 Å². The van der Waals surface area contributed by atoms with Gasteiger partial charge in [0, 0.05) is 19.0 Å². The molecule has 156 valence electrons. The van der Waals surface area contributed by atoms with Crippen molar-refractivity contribution < 1.29 is 4.79 Å². The molecule has 2 aromatic rings. The van der Waals surface area contributed by atoms with E-state index < -0.39 is 0 Å². The molecule has 1 aromatic carbocycles. The second-order valence-corrected chi connectivity index (χ2v) is 8.79. The fraction of sp³-hybridized carbons (Fsp3) is 0.522. The number of hydrogen-bond donors (Lipinski definition) is 1. The highest BCUT2D eigenvalue weighted by Gasteiger charge is 2.20. The molecule has 1 aromatic heterocycles. The van der Waals surface area contributed by atoms with E-state index in [1.165, 1.54) is 42.2 Å². The molecule has 29 heavy (non-hydrogen) atoms. The van der Waals surface area contributed by atoms with E-state index in [-0.39, 0.29) is 11.8 Å². The smallest absolute Gasteiger partial charge is 0.256 e. The van der Waals surface area contributed by atoms with Gasteiger partial charge in [0.2, 0.25) is 0 Å². The molecule has 0 aliphatic carbocycles. The van der Waals surface area contributed by atoms with E-state index in [2.05, 4.69) is 52.2 Å². The van der Waals surface area contributed by atoms with Crippen LogP contribution in [0, 0.1) is 6.92 Å². The fourth-order valence-electron chi connectivity index (χ4n) is 3.74. The molecule has 0 unspecified atom stereocenters. The Hall–Kier alpha value is -1.92. The minimum atomic E-state index is -0.102. The highest BCUT2D eigenvalue weighted by Crippen LogP contribution is 2.23. The van der Waals surface area contributed by atoms with Gasteiger partial charge in [-0.15, -0.1) is 11.8 Å². The van der Waals surface area contributed by atoms with Crippen LogP contribution in [-0.2, 0) is 13.1 Å². The van der Waals surface area contributed by atoms with Gasteiger partial charge in [-0.05, 0) is 50.2 Å². The Balaban J connectivity index is 1.73. The lowest BCUT2D eigenvalue weighted by Crippen LogP contribution is -2.30. The van der Waals surface area contributed by atoms with Crippen molar-refractivity contribution in [2.24, 2.45) is 0 Å². The third-order valence-corrected chi connectivity index (χ3v) is 6.09. The summed E-state index contributed by atoms with van der Waals surface area (Å²) in [5.41, 5.74) is 3.81. The van der Waals surface area contributed by atoms with Gasteiger partial charge in [0.25, 0.3) is 5.91 Å². The van der Waals surface area contributed by atoms with Gasteiger partial charge in [-0.25, -0.2) is 9.97 Å². The van der Waals surface area contributed by atoms with E-state index in [1.54, 1.807) is 0 Å². The predicted molar refractivity (Wildman–Crippen MR) is 119 cm³/mol. The zero-order valence-electron chi connectivity index (χ0n) is 18.0. The van der Waals surface area contributed by atoms with Gasteiger partial charge in [0.1, 0.15) is 10.9 Å². The van der Waals surface area contributed by atoms with E-state index in [9.17, 15) is 4.79 Å². The number of amides is 1. The van der Waals surface area contributed by atoms with Crippen LogP contribution >= 0.6 is 11.8 Å². The first-order valence-electron chi connectivity index (χ1n) is 10.5. The van der Waals surface area contributed by atoms with Gasteiger partial charge < -0.3 is 5.32 Å². The van der Waals surface area contributed by atoms with E-state index in [4.69, 9.17) is 0 Å². The number of piperidine rings is 1. The van der Waals surface area contributed by atoms with Crippen molar-refractivity contribution in [2.45, 2.75) is 64.1 Å². The van der Waals surface area contributed by atoms with Crippen LogP contribution in [-0.4, -0.2) is 40.1 Å². The van der Waals surface area contributed by atoms with Crippen molar-refractivity contribution in [3.8, 4) is 0 Å². The molecule has 0 saturated carbocycles. The maximum atomic E-state index is 13.0. The molecule has 1 fully saturated rings. The summed E-state index contributed by atoms with van der Waals surface area (Å²) >= 11 is 1.50. The molecule has 1 N–H and O–H groups in total. The molecule has 2 heterocycles. The van der Waals surface area contributed by atoms with Crippen molar-refractivity contribution in [1.29, 1.82) is 0 Å². The number of carbonyl (C=O) groups is 1. The van der Waals surface area contributed by atoms with E-state index in [1.807, 2.05) is 19.2 Å². The first kappa shape index (κ1) is 21.8. The molecule has 1 saturated heterocycles. The number of likely N-dealkylation sites (tertiary alicyclic amines) is 1. The third kappa shape index (κ3) is 5.58. The summed E-state index contributed by atoms with van der Waals surface area (Å²) in [6.45, 7) is 9.82. The van der Waals surface area contributed by atoms with Gasteiger partial charge in [-0.2, -0.15) is 0 Å². The Labute approximate surface area is 178 Å². The van der Waals surface area contributed by atoms with Crippen molar-refractivity contribution in [3.05, 3.63) is 52.5 Å². The number of thioether (sulfide) groups is 1. The Kier molecular flexibility index (Phi) is 7.67. The number of aryl methyl sites for hydroxylation is 1. The molecule has 6 heteroatoms. The van der Waals surface area contributed by atoms with Crippen LogP contribution in [0.1, 0.15) is 72.0 Å². The average molecular weight is 413 g/mol. The number of aromatic nitrogens is 2. The summed E-state index contributed by atoms with van der Waals surface area (Å²) in [5, 5.41) is 3.86. The highest BCUT2D eigenvalue weighted by molar-refractivity contribution is 7.98. The molecule has 0 bridgehead atoms. The van der Waals surface area contributed by atoms with Gasteiger partial charge in [0.15, 0.2) is 0 Å². The van der Waals surface area contributed by atoms with Crippen LogP contribution in [0.15, 0.2) is 29.3 Å². The lowest BCUT2D eigenvalue weighted by Gasteiger charge is -2.27. The van der Waals surface area contributed by atoms with Crippen LogP contribution in [0.5, 0.6) is 0 Å². The highest BCUT2D eigenvalue weighted by atomic mass is 32.2. The summed E-state index contributed by atoms with van der Waals surface area (Å²) in [4.78, 5) is 24.7. The number of carbonyl (C=O) groups excluding carboxylic acids is 1. The first-order chi connectivity index (χ1) is 14.0. The molecule has 1 aliphatic rings. The number of nitrogens with one attached hydrogen (secondary N) is 1. The molecule has 3 rings (SSSR count). The molecule has 0 radical (unpaired) electrons. The summed E-state index contributed by atoms with van der Waals surface area (Å²) in [6.07, 6.45) is 5.85. The van der Waals surface area contributed by atoms with Crippen molar-refractivity contribution in [3.63, 3.8) is 0 Å². The second kappa shape index (κ2) is 10.2. The monoisotopic (exact) mass is 412 g/mol. The number of hydrogen-bond acceptors (Lipinski definition) is 5. The maximum Gasteiger partial charge on any atom is 0.256 e. The normalized spacial score (nSPS) is 14.9. The molecule has 1 aliphatic heterocycles. The predicted octanol–water partition coefficient (Wildman–Crippen LogP) is 4.55. The minimum Gasteiger partial charge on any atom is -0.348 e. The maximum absolute atomic E-state index is 13.0. The Morgan fingerprint density at radius 3 is 2.48 bits per heavy atom. The average Bonchev–Trinajstić information content (AvgIpc) is 2.73. The minimum absolute atomic E-state index is 0.102. The molecular weight excluding hydrogens is 380 g/mol. The SMILES string of the molecule is CSc1nc(C(C)C)nc(C)c1C(=O)NCc1ccccc1CN1CCCCC1. The van der Waals surface area contributed by atoms with Crippen molar-refractivity contribution in [2.75, 3.05) is 19.3 Å². The first-order valence-corrected chi connectivity index (χ1v) is 11.7. The molecule has 5 nitrogen and oxygen atoms in total. The molecular formula is C23H32N4OS.